The van der Waals surface area contributed by atoms with Crippen LogP contribution in [0.4, 0.5) is 5.69 Å². The molecule has 33 heavy (non-hydrogen) atoms. The Morgan fingerprint density at radius 2 is 1.67 bits per heavy atom. The molecule has 0 aliphatic heterocycles. The molecule has 3 rings (SSSR count). The van der Waals surface area contributed by atoms with Gasteiger partial charge < -0.3 is 19.5 Å². The third kappa shape index (κ3) is 6.51. The molecule has 0 unspecified atom stereocenters. The molecule has 8 heteroatoms. The molecule has 0 bridgehead atoms. The Bertz CT molecular complexity index is 1190. The summed E-state index contributed by atoms with van der Waals surface area (Å²) in [6, 6.07) is 16.9. The number of rotatable bonds is 9. The van der Waals surface area contributed by atoms with Crippen molar-refractivity contribution in [3.05, 3.63) is 87.9 Å². The summed E-state index contributed by atoms with van der Waals surface area (Å²) in [5, 5.41) is 3.48. The zero-order valence-corrected chi connectivity index (χ0v) is 19.4. The number of allylic oxidation sites excluding steroid dienone is 1. The van der Waals surface area contributed by atoms with Crippen molar-refractivity contribution >= 4 is 46.7 Å². The summed E-state index contributed by atoms with van der Waals surface area (Å²) in [5.41, 5.74) is 1.60. The predicted octanol–water partition coefficient (Wildman–Crippen LogP) is 5.92. The molecule has 170 valence electrons. The lowest BCUT2D eigenvalue weighted by Crippen LogP contribution is -2.20. The van der Waals surface area contributed by atoms with E-state index < -0.39 is 0 Å². The SMILES string of the molecule is COc1ccccc1NC(=O)COc1ccc(/C=C/C(=O)c2ccc(Cl)cc2Cl)cc1OC. The third-order valence-electron chi connectivity index (χ3n) is 4.55. The number of ketones is 1. The molecule has 6 nitrogen and oxygen atoms in total. The van der Waals surface area contributed by atoms with E-state index in [-0.39, 0.29) is 23.3 Å². The van der Waals surface area contributed by atoms with Gasteiger partial charge in [-0.2, -0.15) is 0 Å². The van der Waals surface area contributed by atoms with E-state index in [4.69, 9.17) is 37.4 Å². The predicted molar refractivity (Wildman–Crippen MR) is 130 cm³/mol. The smallest absolute Gasteiger partial charge is 0.262 e. The van der Waals surface area contributed by atoms with Crippen molar-refractivity contribution < 1.29 is 23.8 Å². The average molecular weight is 486 g/mol. The van der Waals surface area contributed by atoms with E-state index in [0.717, 1.165) is 0 Å². The molecule has 0 saturated carbocycles. The molecule has 3 aromatic carbocycles. The highest BCUT2D eigenvalue weighted by Crippen LogP contribution is 2.29. The number of halogens is 2. The minimum Gasteiger partial charge on any atom is -0.495 e. The minimum absolute atomic E-state index is 0.225. The number of amides is 1. The van der Waals surface area contributed by atoms with Gasteiger partial charge in [0.2, 0.25) is 0 Å². The molecule has 1 amide bonds. The van der Waals surface area contributed by atoms with Crippen LogP contribution in [0.3, 0.4) is 0 Å². The largest absolute Gasteiger partial charge is 0.495 e. The van der Waals surface area contributed by atoms with Crippen molar-refractivity contribution in [2.75, 3.05) is 26.1 Å². The first-order valence-electron chi connectivity index (χ1n) is 9.82. The van der Waals surface area contributed by atoms with E-state index in [1.807, 2.05) is 6.07 Å². The van der Waals surface area contributed by atoms with E-state index in [1.165, 1.54) is 26.4 Å². The number of nitrogens with one attached hydrogen (secondary N) is 1. The van der Waals surface area contributed by atoms with Crippen LogP contribution in [-0.4, -0.2) is 32.5 Å². The van der Waals surface area contributed by atoms with Crippen LogP contribution in [0.5, 0.6) is 17.2 Å². The number of anilines is 1. The molecule has 1 N–H and O–H groups in total. The van der Waals surface area contributed by atoms with Gasteiger partial charge in [0.25, 0.3) is 5.91 Å². The van der Waals surface area contributed by atoms with Crippen molar-refractivity contribution in [3.63, 3.8) is 0 Å². The summed E-state index contributed by atoms with van der Waals surface area (Å²) in [7, 11) is 3.02. The van der Waals surface area contributed by atoms with E-state index in [9.17, 15) is 9.59 Å². The van der Waals surface area contributed by atoms with Crippen molar-refractivity contribution in [2.24, 2.45) is 0 Å². The Morgan fingerprint density at radius 1 is 0.909 bits per heavy atom. The molecule has 0 atom stereocenters. The fraction of sp³-hybridized carbons (Fsp3) is 0.120. The maximum Gasteiger partial charge on any atom is 0.262 e. The van der Waals surface area contributed by atoms with Gasteiger partial charge in [-0.25, -0.2) is 0 Å². The molecule has 0 spiro atoms. The summed E-state index contributed by atoms with van der Waals surface area (Å²) < 4.78 is 16.2. The standard InChI is InChI=1S/C25H21Cl2NO5/c1-31-22-6-4-3-5-20(22)28-25(30)15-33-23-12-8-16(13-24(23)32-2)7-11-21(29)18-10-9-17(26)14-19(18)27/h3-14H,15H2,1-2H3,(H,28,30)/b11-7+. The molecular weight excluding hydrogens is 465 g/mol. The first-order chi connectivity index (χ1) is 15.9. The minimum atomic E-state index is -0.351. The Balaban J connectivity index is 1.65. The Kier molecular flexibility index (Phi) is 8.35. The lowest BCUT2D eigenvalue weighted by atomic mass is 10.1. The van der Waals surface area contributed by atoms with Crippen LogP contribution < -0.4 is 19.5 Å². The van der Waals surface area contributed by atoms with Gasteiger partial charge in [0.05, 0.1) is 24.9 Å². The quantitative estimate of drug-likeness (QED) is 0.300. The molecule has 3 aromatic rings. The number of hydrogen-bond acceptors (Lipinski definition) is 5. The highest BCUT2D eigenvalue weighted by molar-refractivity contribution is 6.37. The molecular formula is C25H21Cl2NO5. The van der Waals surface area contributed by atoms with E-state index in [1.54, 1.807) is 54.6 Å². The number of para-hydroxylation sites is 2. The summed E-state index contributed by atoms with van der Waals surface area (Å²) in [5.74, 6) is 0.741. The van der Waals surface area contributed by atoms with Gasteiger partial charge in [-0.05, 0) is 54.1 Å². The fourth-order valence-electron chi connectivity index (χ4n) is 2.94. The Morgan fingerprint density at radius 3 is 2.39 bits per heavy atom. The van der Waals surface area contributed by atoms with Crippen LogP contribution in [-0.2, 0) is 4.79 Å². The zero-order valence-electron chi connectivity index (χ0n) is 17.9. The second kappa shape index (κ2) is 11.4. The third-order valence-corrected chi connectivity index (χ3v) is 5.10. The van der Waals surface area contributed by atoms with Crippen LogP contribution in [0, 0.1) is 0 Å². The Labute approximate surface area is 201 Å². The van der Waals surface area contributed by atoms with Gasteiger partial charge >= 0.3 is 0 Å². The molecule has 0 fully saturated rings. The zero-order chi connectivity index (χ0) is 23.8. The highest BCUT2D eigenvalue weighted by Gasteiger charge is 2.11. The first kappa shape index (κ1) is 24.2. The monoisotopic (exact) mass is 485 g/mol. The van der Waals surface area contributed by atoms with Gasteiger partial charge in [0.1, 0.15) is 5.75 Å². The van der Waals surface area contributed by atoms with Crippen LogP contribution in [0.1, 0.15) is 15.9 Å². The molecule has 0 aliphatic rings. The summed E-state index contributed by atoms with van der Waals surface area (Å²) in [6.07, 6.45) is 3.04. The summed E-state index contributed by atoms with van der Waals surface area (Å²) >= 11 is 12.0. The molecule has 0 aliphatic carbocycles. The van der Waals surface area contributed by atoms with Crippen LogP contribution in [0.15, 0.2) is 66.7 Å². The van der Waals surface area contributed by atoms with Gasteiger partial charge in [-0.15, -0.1) is 0 Å². The first-order valence-corrected chi connectivity index (χ1v) is 10.6. The summed E-state index contributed by atoms with van der Waals surface area (Å²) in [4.78, 5) is 24.7. The second-order valence-electron chi connectivity index (χ2n) is 6.77. The molecule has 0 radical (unpaired) electrons. The number of benzene rings is 3. The van der Waals surface area contributed by atoms with Gasteiger partial charge in [0.15, 0.2) is 23.9 Å². The lowest BCUT2D eigenvalue weighted by Gasteiger charge is -2.13. The van der Waals surface area contributed by atoms with Crippen molar-refractivity contribution in [1.82, 2.24) is 0 Å². The van der Waals surface area contributed by atoms with Gasteiger partial charge in [-0.3, -0.25) is 9.59 Å². The van der Waals surface area contributed by atoms with Crippen LogP contribution in [0.25, 0.3) is 6.08 Å². The van der Waals surface area contributed by atoms with Crippen molar-refractivity contribution in [1.29, 1.82) is 0 Å². The normalized spacial score (nSPS) is 10.7. The highest BCUT2D eigenvalue weighted by atomic mass is 35.5. The van der Waals surface area contributed by atoms with Crippen molar-refractivity contribution in [2.45, 2.75) is 0 Å². The number of methoxy groups -OCH3 is 2. The number of carbonyl (C=O) groups excluding carboxylic acids is 2. The molecule has 0 saturated heterocycles. The molecule has 0 heterocycles. The van der Waals surface area contributed by atoms with Crippen molar-refractivity contribution in [3.8, 4) is 17.2 Å². The van der Waals surface area contributed by atoms with E-state index in [0.29, 0.717) is 39.1 Å². The number of carbonyl (C=O) groups is 2. The van der Waals surface area contributed by atoms with Crippen LogP contribution >= 0.6 is 23.2 Å². The average Bonchev–Trinajstić information content (AvgIpc) is 2.81. The number of hydrogen-bond donors (Lipinski definition) is 1. The van der Waals surface area contributed by atoms with Gasteiger partial charge in [0, 0.05) is 10.6 Å². The maximum absolute atomic E-state index is 12.4. The molecule has 0 aromatic heterocycles. The second-order valence-corrected chi connectivity index (χ2v) is 7.61. The van der Waals surface area contributed by atoms with E-state index in [2.05, 4.69) is 5.32 Å². The maximum atomic E-state index is 12.4. The topological polar surface area (TPSA) is 73.9 Å². The fourth-order valence-corrected chi connectivity index (χ4v) is 3.44. The van der Waals surface area contributed by atoms with E-state index >= 15 is 0 Å². The van der Waals surface area contributed by atoms with Gasteiger partial charge in [-0.1, -0.05) is 47.5 Å². The number of ether oxygens (including phenoxy) is 3. The van der Waals surface area contributed by atoms with Crippen LogP contribution in [0.2, 0.25) is 10.0 Å². The Hall–Kier alpha value is -3.48. The summed E-state index contributed by atoms with van der Waals surface area (Å²) in [6.45, 7) is -0.225. The lowest BCUT2D eigenvalue weighted by molar-refractivity contribution is -0.118.